The number of hydrogen-bond donors (Lipinski definition) is 0. The minimum atomic E-state index is -0.300. The largest absolute Gasteiger partial charge is 0.466 e. The van der Waals surface area contributed by atoms with Crippen LogP contribution in [0.5, 0.6) is 5.75 Å². The maximum Gasteiger partial charge on any atom is 0.186 e. The maximum atomic E-state index is 6.71. The molecule has 2 fully saturated rings. The SMILES string of the molecule is CC1CC(C)CN(C23CCCCC2=Cc2cc(Cl)cc(Cl)c2O3)C1. The van der Waals surface area contributed by atoms with Crippen molar-refractivity contribution in [2.24, 2.45) is 11.8 Å². The van der Waals surface area contributed by atoms with Gasteiger partial charge in [-0.2, -0.15) is 0 Å². The molecule has 24 heavy (non-hydrogen) atoms. The van der Waals surface area contributed by atoms with Gasteiger partial charge >= 0.3 is 0 Å². The fraction of sp³-hybridized carbons (Fsp3) is 0.600. The van der Waals surface area contributed by atoms with E-state index in [-0.39, 0.29) is 5.72 Å². The van der Waals surface area contributed by atoms with Gasteiger partial charge < -0.3 is 4.74 Å². The molecule has 1 saturated carbocycles. The smallest absolute Gasteiger partial charge is 0.186 e. The Kier molecular flexibility index (Phi) is 4.35. The molecule has 2 aliphatic heterocycles. The summed E-state index contributed by atoms with van der Waals surface area (Å²) in [6, 6.07) is 3.76. The Morgan fingerprint density at radius 2 is 1.88 bits per heavy atom. The third-order valence-corrected chi connectivity index (χ3v) is 6.23. The lowest BCUT2D eigenvalue weighted by Gasteiger charge is -2.52. The second-order valence-corrected chi connectivity index (χ2v) is 8.76. The van der Waals surface area contributed by atoms with Crippen LogP contribution in [0.1, 0.15) is 51.5 Å². The van der Waals surface area contributed by atoms with E-state index in [4.69, 9.17) is 27.9 Å². The molecule has 0 aromatic heterocycles. The quantitative estimate of drug-likeness (QED) is 0.603. The minimum absolute atomic E-state index is 0.300. The van der Waals surface area contributed by atoms with Crippen LogP contribution in [0, 0.1) is 11.8 Å². The highest BCUT2D eigenvalue weighted by atomic mass is 35.5. The van der Waals surface area contributed by atoms with Crippen molar-refractivity contribution in [2.45, 2.75) is 51.7 Å². The third-order valence-electron chi connectivity index (χ3n) is 5.73. The molecular weight excluding hydrogens is 341 g/mol. The van der Waals surface area contributed by atoms with Crippen LogP contribution >= 0.6 is 23.2 Å². The minimum Gasteiger partial charge on any atom is -0.466 e. The van der Waals surface area contributed by atoms with Gasteiger partial charge in [-0.25, -0.2) is 0 Å². The van der Waals surface area contributed by atoms with Gasteiger partial charge in [-0.15, -0.1) is 0 Å². The van der Waals surface area contributed by atoms with Crippen molar-refractivity contribution in [3.05, 3.63) is 33.3 Å². The van der Waals surface area contributed by atoms with Gasteiger partial charge in [0.2, 0.25) is 0 Å². The number of hydrogen-bond acceptors (Lipinski definition) is 2. The second-order valence-electron chi connectivity index (χ2n) is 7.92. The summed E-state index contributed by atoms with van der Waals surface area (Å²) >= 11 is 12.7. The molecule has 1 aromatic carbocycles. The fourth-order valence-electron chi connectivity index (χ4n) is 4.87. The number of fused-ring (bicyclic) bond motifs is 2. The van der Waals surface area contributed by atoms with Crippen LogP contribution in [0.15, 0.2) is 17.7 Å². The summed E-state index contributed by atoms with van der Waals surface area (Å²) in [5.41, 5.74) is 2.13. The van der Waals surface area contributed by atoms with E-state index >= 15 is 0 Å². The zero-order chi connectivity index (χ0) is 16.9. The summed E-state index contributed by atoms with van der Waals surface area (Å²) in [4.78, 5) is 2.59. The number of piperidine rings is 1. The zero-order valence-corrected chi connectivity index (χ0v) is 16.0. The van der Waals surface area contributed by atoms with Crippen LogP contribution in [0.2, 0.25) is 10.0 Å². The molecule has 130 valence electrons. The highest BCUT2D eigenvalue weighted by molar-refractivity contribution is 6.36. The Bertz CT molecular complexity index is 676. The molecule has 0 amide bonds. The molecule has 0 bridgehead atoms. The standard InChI is InChI=1S/C20H25Cl2NO/c1-13-7-14(2)12-23(11-13)20-6-4-3-5-16(20)8-15-9-17(21)10-18(22)19(15)24-20/h8-10,13-14H,3-7,11-12H2,1-2H3. The first-order valence-electron chi connectivity index (χ1n) is 9.12. The van der Waals surface area contributed by atoms with Crippen LogP contribution in [-0.2, 0) is 0 Å². The van der Waals surface area contributed by atoms with E-state index in [0.29, 0.717) is 21.9 Å². The highest BCUT2D eigenvalue weighted by Gasteiger charge is 2.48. The highest BCUT2D eigenvalue weighted by Crippen LogP contribution is 2.49. The molecule has 3 unspecified atom stereocenters. The van der Waals surface area contributed by atoms with Crippen molar-refractivity contribution in [3.63, 3.8) is 0 Å². The molecule has 3 atom stereocenters. The molecule has 1 aliphatic carbocycles. The van der Waals surface area contributed by atoms with Crippen LogP contribution in [0.25, 0.3) is 6.08 Å². The molecule has 1 aromatic rings. The van der Waals surface area contributed by atoms with Gasteiger partial charge in [-0.1, -0.05) is 37.0 Å². The first kappa shape index (κ1) is 16.8. The van der Waals surface area contributed by atoms with E-state index in [0.717, 1.165) is 37.2 Å². The Morgan fingerprint density at radius 1 is 1.12 bits per heavy atom. The van der Waals surface area contributed by atoms with Crippen LogP contribution < -0.4 is 4.74 Å². The average molecular weight is 366 g/mol. The van der Waals surface area contributed by atoms with Crippen molar-refractivity contribution in [2.75, 3.05) is 13.1 Å². The van der Waals surface area contributed by atoms with Crippen molar-refractivity contribution in [1.82, 2.24) is 4.90 Å². The average Bonchev–Trinajstić information content (AvgIpc) is 2.52. The second kappa shape index (κ2) is 6.23. The van der Waals surface area contributed by atoms with Gasteiger partial charge in [-0.05, 0) is 61.3 Å². The van der Waals surface area contributed by atoms with Gasteiger partial charge in [-0.3, -0.25) is 4.90 Å². The molecule has 1 saturated heterocycles. The molecule has 4 heteroatoms. The Morgan fingerprint density at radius 3 is 2.62 bits per heavy atom. The van der Waals surface area contributed by atoms with E-state index < -0.39 is 0 Å². The normalized spacial score (nSPS) is 33.2. The summed E-state index contributed by atoms with van der Waals surface area (Å²) < 4.78 is 6.71. The summed E-state index contributed by atoms with van der Waals surface area (Å²) in [6.45, 7) is 6.91. The number of likely N-dealkylation sites (tertiary alicyclic amines) is 1. The van der Waals surface area contributed by atoms with E-state index in [1.165, 1.54) is 24.8 Å². The molecular formula is C20H25Cl2NO. The number of halogens is 2. The number of benzene rings is 1. The lowest BCUT2D eigenvalue weighted by Crippen LogP contribution is -2.60. The number of rotatable bonds is 1. The van der Waals surface area contributed by atoms with Crippen molar-refractivity contribution in [1.29, 1.82) is 0 Å². The van der Waals surface area contributed by atoms with Crippen LogP contribution in [-0.4, -0.2) is 23.7 Å². The number of ether oxygens (including phenoxy) is 1. The van der Waals surface area contributed by atoms with Gasteiger partial charge in [0, 0.05) is 30.1 Å². The predicted molar refractivity (Wildman–Crippen MR) is 101 cm³/mol. The van der Waals surface area contributed by atoms with Gasteiger partial charge in [0.1, 0.15) is 5.75 Å². The lowest BCUT2D eigenvalue weighted by atomic mass is 9.79. The van der Waals surface area contributed by atoms with Crippen LogP contribution in [0.4, 0.5) is 0 Å². The van der Waals surface area contributed by atoms with Crippen molar-refractivity contribution in [3.8, 4) is 5.75 Å². The van der Waals surface area contributed by atoms with Gasteiger partial charge in [0.25, 0.3) is 0 Å². The van der Waals surface area contributed by atoms with E-state index in [2.05, 4.69) is 24.8 Å². The summed E-state index contributed by atoms with van der Waals surface area (Å²) in [6.07, 6.45) is 8.19. The molecule has 2 nitrogen and oxygen atoms in total. The zero-order valence-electron chi connectivity index (χ0n) is 14.4. The molecule has 0 spiro atoms. The van der Waals surface area contributed by atoms with E-state index in [1.54, 1.807) is 6.07 Å². The molecule has 0 N–H and O–H groups in total. The first-order valence-corrected chi connectivity index (χ1v) is 9.88. The van der Waals surface area contributed by atoms with Crippen molar-refractivity contribution >= 4 is 29.3 Å². The van der Waals surface area contributed by atoms with E-state index in [9.17, 15) is 0 Å². The molecule has 0 radical (unpaired) electrons. The van der Waals surface area contributed by atoms with E-state index in [1.807, 2.05) is 6.07 Å². The third kappa shape index (κ3) is 2.77. The topological polar surface area (TPSA) is 12.5 Å². The number of nitrogens with zero attached hydrogens (tertiary/aromatic N) is 1. The predicted octanol–water partition coefficient (Wildman–Crippen LogP) is 6.02. The molecule has 2 heterocycles. The molecule has 3 aliphatic rings. The van der Waals surface area contributed by atoms with Gasteiger partial charge in [0.15, 0.2) is 5.72 Å². The Hall–Kier alpha value is -0.700. The lowest BCUT2D eigenvalue weighted by molar-refractivity contribution is -0.0991. The monoisotopic (exact) mass is 365 g/mol. The van der Waals surface area contributed by atoms with Crippen LogP contribution in [0.3, 0.4) is 0 Å². The first-order chi connectivity index (χ1) is 11.5. The van der Waals surface area contributed by atoms with Gasteiger partial charge in [0.05, 0.1) is 5.02 Å². The Labute approximate surface area is 154 Å². The summed E-state index contributed by atoms with van der Waals surface area (Å²) in [5.74, 6) is 2.21. The van der Waals surface area contributed by atoms with Crippen molar-refractivity contribution < 1.29 is 4.74 Å². The Balaban J connectivity index is 1.79. The maximum absolute atomic E-state index is 6.71. The summed E-state index contributed by atoms with van der Waals surface area (Å²) in [7, 11) is 0. The summed E-state index contributed by atoms with van der Waals surface area (Å²) in [5, 5.41) is 1.29. The molecule has 4 rings (SSSR count). The fourth-order valence-corrected chi connectivity index (χ4v) is 5.42.